The molecule has 0 bridgehead atoms. The van der Waals surface area contributed by atoms with Crippen LogP contribution in [0.5, 0.6) is 0 Å². The summed E-state index contributed by atoms with van der Waals surface area (Å²) in [4.78, 5) is 13.2. The average Bonchev–Trinajstić information content (AvgIpc) is 2.76. The van der Waals surface area contributed by atoms with Crippen LogP contribution in [0.15, 0.2) is 18.6 Å². The lowest BCUT2D eigenvalue weighted by molar-refractivity contribution is 0.783. The Hall–Kier alpha value is -1.75. The van der Waals surface area contributed by atoms with E-state index in [1.54, 1.807) is 6.20 Å². The van der Waals surface area contributed by atoms with E-state index in [1.165, 1.54) is 0 Å². The number of rotatable bonds is 4. The molecule has 0 aliphatic heterocycles. The summed E-state index contributed by atoms with van der Waals surface area (Å²) in [5.41, 5.74) is 2.22. The Labute approximate surface area is 101 Å². The molecule has 5 heteroatoms. The van der Waals surface area contributed by atoms with Crippen molar-refractivity contribution in [2.75, 3.05) is 7.05 Å². The zero-order valence-electron chi connectivity index (χ0n) is 10.4. The van der Waals surface area contributed by atoms with E-state index < -0.39 is 0 Å². The molecule has 0 spiro atoms. The van der Waals surface area contributed by atoms with Crippen LogP contribution in [0.25, 0.3) is 11.6 Å². The highest BCUT2D eigenvalue weighted by Crippen LogP contribution is 2.14. The van der Waals surface area contributed by atoms with Crippen LogP contribution in [-0.4, -0.2) is 26.6 Å². The molecular formula is C12H17N5. The lowest BCUT2D eigenvalue weighted by atomic mass is 10.2. The summed E-state index contributed by atoms with van der Waals surface area (Å²) >= 11 is 0. The first kappa shape index (κ1) is 11.7. The van der Waals surface area contributed by atoms with Crippen molar-refractivity contribution in [2.45, 2.75) is 19.9 Å². The highest BCUT2D eigenvalue weighted by molar-refractivity contribution is 5.44. The van der Waals surface area contributed by atoms with Crippen LogP contribution >= 0.6 is 0 Å². The second-order valence-corrected chi connectivity index (χ2v) is 3.91. The lowest BCUT2D eigenvalue weighted by Gasteiger charge is -2.08. The quantitative estimate of drug-likeness (QED) is 0.858. The van der Waals surface area contributed by atoms with Gasteiger partial charge in [0.1, 0.15) is 0 Å². The van der Waals surface area contributed by atoms with Gasteiger partial charge in [0.15, 0.2) is 11.6 Å². The number of aryl methyl sites for hydroxylation is 2. The summed E-state index contributed by atoms with van der Waals surface area (Å²) in [7, 11) is 3.87. The molecule has 0 fully saturated rings. The number of nitrogens with zero attached hydrogens (tertiary/aromatic N) is 4. The van der Waals surface area contributed by atoms with Gasteiger partial charge in [0, 0.05) is 43.4 Å². The van der Waals surface area contributed by atoms with Crippen LogP contribution in [0.3, 0.4) is 0 Å². The lowest BCUT2D eigenvalue weighted by Crippen LogP contribution is -2.10. The van der Waals surface area contributed by atoms with Crippen molar-refractivity contribution in [3.8, 4) is 11.6 Å². The Bertz CT molecular complexity index is 503. The minimum absolute atomic E-state index is 0.689. The maximum absolute atomic E-state index is 4.58. The van der Waals surface area contributed by atoms with Gasteiger partial charge in [0.05, 0.1) is 0 Å². The van der Waals surface area contributed by atoms with Gasteiger partial charge in [0.25, 0.3) is 0 Å². The van der Waals surface area contributed by atoms with Gasteiger partial charge < -0.3 is 9.88 Å². The zero-order valence-corrected chi connectivity index (χ0v) is 10.4. The highest BCUT2D eigenvalue weighted by Gasteiger charge is 2.10. The van der Waals surface area contributed by atoms with Crippen molar-refractivity contribution < 1.29 is 0 Å². The maximum atomic E-state index is 4.58. The van der Waals surface area contributed by atoms with E-state index in [2.05, 4.69) is 27.2 Å². The molecule has 5 nitrogen and oxygen atoms in total. The smallest absolute Gasteiger partial charge is 0.196 e. The second-order valence-electron chi connectivity index (χ2n) is 3.91. The van der Waals surface area contributed by atoms with Crippen molar-refractivity contribution in [3.05, 3.63) is 29.8 Å². The summed E-state index contributed by atoms with van der Waals surface area (Å²) < 4.78 is 1.92. The van der Waals surface area contributed by atoms with Crippen molar-refractivity contribution in [3.63, 3.8) is 0 Å². The van der Waals surface area contributed by atoms with E-state index in [9.17, 15) is 0 Å². The molecule has 17 heavy (non-hydrogen) atoms. The molecule has 0 aliphatic rings. The maximum Gasteiger partial charge on any atom is 0.196 e. The fraction of sp³-hybridized carbons (Fsp3) is 0.417. The van der Waals surface area contributed by atoms with Gasteiger partial charge in [-0.25, -0.2) is 15.0 Å². The SMILES string of the molecule is CCc1nc(-c2nccn2C)ncc1CNC. The fourth-order valence-electron chi connectivity index (χ4n) is 1.78. The van der Waals surface area contributed by atoms with Crippen LogP contribution in [-0.2, 0) is 20.0 Å². The van der Waals surface area contributed by atoms with Crippen molar-refractivity contribution >= 4 is 0 Å². The van der Waals surface area contributed by atoms with Crippen LogP contribution in [0.2, 0.25) is 0 Å². The molecule has 0 radical (unpaired) electrons. The topological polar surface area (TPSA) is 55.6 Å². The van der Waals surface area contributed by atoms with E-state index in [0.29, 0.717) is 5.82 Å². The zero-order chi connectivity index (χ0) is 12.3. The number of aromatic nitrogens is 4. The van der Waals surface area contributed by atoms with Gasteiger partial charge in [-0.05, 0) is 13.5 Å². The van der Waals surface area contributed by atoms with E-state index in [4.69, 9.17) is 0 Å². The van der Waals surface area contributed by atoms with Gasteiger partial charge in [-0.1, -0.05) is 6.92 Å². The van der Waals surface area contributed by atoms with Gasteiger partial charge in [-0.15, -0.1) is 0 Å². The number of hydrogen-bond donors (Lipinski definition) is 1. The van der Waals surface area contributed by atoms with Crippen molar-refractivity contribution in [1.82, 2.24) is 24.8 Å². The molecule has 0 saturated carbocycles. The van der Waals surface area contributed by atoms with Crippen LogP contribution in [0.1, 0.15) is 18.2 Å². The second kappa shape index (κ2) is 5.05. The summed E-state index contributed by atoms with van der Waals surface area (Å²) in [6.07, 6.45) is 6.43. The largest absolute Gasteiger partial charge is 0.331 e. The third kappa shape index (κ3) is 2.34. The summed E-state index contributed by atoms with van der Waals surface area (Å²) in [6.45, 7) is 2.90. The van der Waals surface area contributed by atoms with Crippen molar-refractivity contribution in [1.29, 1.82) is 0 Å². The molecule has 2 heterocycles. The Balaban J connectivity index is 2.41. The number of nitrogens with one attached hydrogen (secondary N) is 1. The Kier molecular flexibility index (Phi) is 3.49. The third-order valence-electron chi connectivity index (χ3n) is 2.68. The Morgan fingerprint density at radius 3 is 2.76 bits per heavy atom. The van der Waals surface area contributed by atoms with E-state index in [1.807, 2.05) is 31.1 Å². The molecule has 2 aromatic heterocycles. The Morgan fingerprint density at radius 1 is 1.35 bits per heavy atom. The standard InChI is InChI=1S/C12H17N5/c1-4-10-9(7-13-2)8-15-11(16-10)12-14-5-6-17(12)3/h5-6,8,13H,4,7H2,1-3H3. The summed E-state index contributed by atoms with van der Waals surface area (Å²) in [6, 6.07) is 0. The predicted molar refractivity (Wildman–Crippen MR) is 66.4 cm³/mol. The summed E-state index contributed by atoms with van der Waals surface area (Å²) in [5.74, 6) is 1.49. The molecule has 2 aromatic rings. The number of hydrogen-bond acceptors (Lipinski definition) is 4. The molecule has 0 unspecified atom stereocenters. The van der Waals surface area contributed by atoms with Crippen LogP contribution in [0.4, 0.5) is 0 Å². The molecule has 0 saturated heterocycles. The molecule has 1 N–H and O–H groups in total. The first-order valence-corrected chi connectivity index (χ1v) is 5.73. The first-order valence-electron chi connectivity index (χ1n) is 5.73. The normalized spacial score (nSPS) is 10.8. The molecule has 0 amide bonds. The van der Waals surface area contributed by atoms with Crippen LogP contribution in [0, 0.1) is 0 Å². The van der Waals surface area contributed by atoms with E-state index in [0.717, 1.165) is 30.0 Å². The highest BCUT2D eigenvalue weighted by atomic mass is 15.1. The van der Waals surface area contributed by atoms with Gasteiger partial charge in [-0.3, -0.25) is 0 Å². The van der Waals surface area contributed by atoms with Crippen LogP contribution < -0.4 is 5.32 Å². The molecule has 2 rings (SSSR count). The predicted octanol–water partition coefficient (Wildman–Crippen LogP) is 1.16. The molecule has 90 valence electrons. The minimum Gasteiger partial charge on any atom is -0.331 e. The number of imidazole rings is 1. The summed E-state index contributed by atoms with van der Waals surface area (Å²) in [5, 5.41) is 3.12. The first-order chi connectivity index (χ1) is 8.26. The third-order valence-corrected chi connectivity index (χ3v) is 2.68. The van der Waals surface area contributed by atoms with Gasteiger partial charge in [0.2, 0.25) is 0 Å². The van der Waals surface area contributed by atoms with E-state index >= 15 is 0 Å². The minimum atomic E-state index is 0.689. The van der Waals surface area contributed by atoms with Gasteiger partial charge >= 0.3 is 0 Å². The molecule has 0 atom stereocenters. The van der Waals surface area contributed by atoms with E-state index in [-0.39, 0.29) is 0 Å². The van der Waals surface area contributed by atoms with Gasteiger partial charge in [-0.2, -0.15) is 0 Å². The monoisotopic (exact) mass is 231 g/mol. The molecule has 0 aromatic carbocycles. The Morgan fingerprint density at radius 2 is 2.18 bits per heavy atom. The average molecular weight is 231 g/mol. The molecular weight excluding hydrogens is 214 g/mol. The fourth-order valence-corrected chi connectivity index (χ4v) is 1.78. The van der Waals surface area contributed by atoms with Crippen molar-refractivity contribution in [2.24, 2.45) is 7.05 Å². The molecule has 0 aliphatic carbocycles.